The zero-order valence-corrected chi connectivity index (χ0v) is 20.0. The quantitative estimate of drug-likeness (QED) is 0.427. The third kappa shape index (κ3) is 6.28. The number of para-hydroxylation sites is 2. The van der Waals surface area contributed by atoms with Crippen molar-refractivity contribution < 1.29 is 19.4 Å². The minimum atomic E-state index is -0.690. The van der Waals surface area contributed by atoms with Crippen LogP contribution in [0.15, 0.2) is 48.7 Å². The molecular formula is C25H29ClN4O4. The smallest absolute Gasteiger partial charge is 0.272 e. The number of anilines is 1. The Morgan fingerprint density at radius 1 is 1.32 bits per heavy atom. The van der Waals surface area contributed by atoms with Crippen LogP contribution in [0.4, 0.5) is 5.69 Å². The maximum absolute atomic E-state index is 12.7. The van der Waals surface area contributed by atoms with E-state index in [0.717, 1.165) is 24.2 Å². The number of likely N-dealkylation sites (tertiary alicyclic amines) is 1. The Hall–Kier alpha value is -3.07. The van der Waals surface area contributed by atoms with Crippen molar-refractivity contribution in [1.29, 1.82) is 0 Å². The number of rotatable bonds is 9. The van der Waals surface area contributed by atoms with Crippen molar-refractivity contribution in [3.63, 3.8) is 0 Å². The fraction of sp³-hybridized carbons (Fsp3) is 0.360. The number of ether oxygens (including phenoxy) is 2. The summed E-state index contributed by atoms with van der Waals surface area (Å²) in [6.07, 6.45) is 1.73. The highest BCUT2D eigenvalue weighted by Gasteiger charge is 2.26. The van der Waals surface area contributed by atoms with E-state index in [0.29, 0.717) is 41.1 Å². The van der Waals surface area contributed by atoms with Gasteiger partial charge in [0.2, 0.25) is 5.88 Å². The number of halogens is 1. The van der Waals surface area contributed by atoms with E-state index in [1.54, 1.807) is 30.5 Å². The molecule has 3 N–H and O–H groups in total. The molecule has 1 aromatic carbocycles. The topological polar surface area (TPSA) is 99.7 Å². The van der Waals surface area contributed by atoms with Crippen LogP contribution in [0.1, 0.15) is 28.2 Å². The lowest BCUT2D eigenvalue weighted by atomic mass is 10.2. The number of pyridine rings is 1. The Balaban J connectivity index is 1.26. The van der Waals surface area contributed by atoms with E-state index in [1.165, 1.54) is 0 Å². The van der Waals surface area contributed by atoms with Crippen molar-refractivity contribution in [3.8, 4) is 11.6 Å². The molecule has 0 aliphatic carbocycles. The zero-order valence-electron chi connectivity index (χ0n) is 19.3. The van der Waals surface area contributed by atoms with Gasteiger partial charge in [0.1, 0.15) is 30.3 Å². The number of aryl methyl sites for hydroxylation is 2. The SMILES string of the molecule is Cc1cc(C)c(C(=O)Nc2ccccc2OCC(O)CN2CCC(Oc3ccc(Cl)cn3)C2)[nH]1. The number of benzene rings is 1. The third-order valence-electron chi connectivity index (χ3n) is 5.63. The van der Waals surface area contributed by atoms with E-state index < -0.39 is 6.10 Å². The number of hydrogen-bond donors (Lipinski definition) is 3. The number of aromatic nitrogens is 2. The van der Waals surface area contributed by atoms with Crippen molar-refractivity contribution >= 4 is 23.2 Å². The molecule has 8 nitrogen and oxygen atoms in total. The summed E-state index contributed by atoms with van der Waals surface area (Å²) >= 11 is 5.86. The molecule has 2 unspecified atom stereocenters. The van der Waals surface area contributed by atoms with Gasteiger partial charge in [-0.3, -0.25) is 9.69 Å². The van der Waals surface area contributed by atoms with E-state index in [1.807, 2.05) is 32.0 Å². The number of aromatic amines is 1. The van der Waals surface area contributed by atoms with Gasteiger partial charge in [0.15, 0.2) is 0 Å². The van der Waals surface area contributed by atoms with Crippen LogP contribution >= 0.6 is 11.6 Å². The summed E-state index contributed by atoms with van der Waals surface area (Å²) in [5.74, 6) is 0.816. The predicted octanol–water partition coefficient (Wildman–Crippen LogP) is 3.83. The van der Waals surface area contributed by atoms with Crippen LogP contribution in [0.3, 0.4) is 0 Å². The average Bonchev–Trinajstić information content (AvgIpc) is 3.39. The number of β-amino-alcohol motifs (C(OH)–C–C–N with tert-alkyl or cyclic N) is 1. The number of hydrogen-bond acceptors (Lipinski definition) is 6. The Kier molecular flexibility index (Phi) is 7.72. The average molecular weight is 485 g/mol. The van der Waals surface area contributed by atoms with Crippen LogP contribution in [-0.2, 0) is 0 Å². The molecule has 1 aliphatic rings. The van der Waals surface area contributed by atoms with Gasteiger partial charge >= 0.3 is 0 Å². The van der Waals surface area contributed by atoms with Crippen molar-refractivity contribution in [3.05, 3.63) is 70.6 Å². The van der Waals surface area contributed by atoms with Crippen LogP contribution in [0.2, 0.25) is 5.02 Å². The van der Waals surface area contributed by atoms with E-state index in [9.17, 15) is 9.90 Å². The van der Waals surface area contributed by atoms with Crippen molar-refractivity contribution in [2.45, 2.75) is 32.5 Å². The molecule has 180 valence electrons. The van der Waals surface area contributed by atoms with Crippen LogP contribution in [0.25, 0.3) is 0 Å². The molecule has 1 aliphatic heterocycles. The number of carbonyl (C=O) groups excluding carboxylic acids is 1. The summed E-state index contributed by atoms with van der Waals surface area (Å²) in [5.41, 5.74) is 2.88. The number of H-pyrrole nitrogens is 1. The van der Waals surface area contributed by atoms with Gasteiger partial charge in [-0.1, -0.05) is 23.7 Å². The lowest BCUT2D eigenvalue weighted by Crippen LogP contribution is -2.35. The second-order valence-electron chi connectivity index (χ2n) is 8.53. The first kappa shape index (κ1) is 24.1. The molecule has 1 saturated heterocycles. The van der Waals surface area contributed by atoms with Gasteiger partial charge < -0.3 is 24.9 Å². The van der Waals surface area contributed by atoms with Crippen LogP contribution < -0.4 is 14.8 Å². The molecule has 2 aromatic heterocycles. The molecule has 0 radical (unpaired) electrons. The van der Waals surface area contributed by atoms with Gasteiger partial charge in [-0.05, 0) is 50.1 Å². The summed E-state index contributed by atoms with van der Waals surface area (Å²) in [7, 11) is 0. The minimum Gasteiger partial charge on any atom is -0.489 e. The number of aliphatic hydroxyl groups is 1. The van der Waals surface area contributed by atoms with Crippen molar-refractivity contribution in [2.75, 3.05) is 31.6 Å². The van der Waals surface area contributed by atoms with Crippen molar-refractivity contribution in [1.82, 2.24) is 14.9 Å². The highest BCUT2D eigenvalue weighted by atomic mass is 35.5. The Morgan fingerprint density at radius 3 is 2.88 bits per heavy atom. The van der Waals surface area contributed by atoms with Gasteiger partial charge in [-0.15, -0.1) is 0 Å². The lowest BCUT2D eigenvalue weighted by molar-refractivity contribution is 0.0720. The van der Waals surface area contributed by atoms with Gasteiger partial charge in [0.25, 0.3) is 5.91 Å². The zero-order chi connectivity index (χ0) is 24.1. The molecule has 3 heterocycles. The molecule has 0 bridgehead atoms. The van der Waals surface area contributed by atoms with Gasteiger partial charge in [0.05, 0.1) is 10.7 Å². The number of aliphatic hydroxyl groups excluding tert-OH is 1. The summed E-state index contributed by atoms with van der Waals surface area (Å²) < 4.78 is 11.8. The number of amides is 1. The van der Waals surface area contributed by atoms with E-state index in [4.69, 9.17) is 21.1 Å². The van der Waals surface area contributed by atoms with Gasteiger partial charge in [-0.25, -0.2) is 4.98 Å². The Morgan fingerprint density at radius 2 is 2.15 bits per heavy atom. The third-order valence-corrected chi connectivity index (χ3v) is 5.85. The van der Waals surface area contributed by atoms with Crippen LogP contribution in [-0.4, -0.2) is 64.3 Å². The number of nitrogens with one attached hydrogen (secondary N) is 2. The highest BCUT2D eigenvalue weighted by molar-refractivity contribution is 6.30. The maximum Gasteiger partial charge on any atom is 0.272 e. The lowest BCUT2D eigenvalue weighted by Gasteiger charge is -2.21. The fourth-order valence-electron chi connectivity index (χ4n) is 4.04. The van der Waals surface area contributed by atoms with E-state index in [2.05, 4.69) is 20.2 Å². The van der Waals surface area contributed by atoms with Gasteiger partial charge in [-0.2, -0.15) is 0 Å². The summed E-state index contributed by atoms with van der Waals surface area (Å²) in [5, 5.41) is 14.0. The minimum absolute atomic E-state index is 0.0119. The molecule has 9 heteroatoms. The molecular weight excluding hydrogens is 456 g/mol. The second kappa shape index (κ2) is 10.9. The monoisotopic (exact) mass is 484 g/mol. The Bertz CT molecular complexity index is 1120. The molecule has 4 rings (SSSR count). The van der Waals surface area contributed by atoms with Crippen LogP contribution in [0, 0.1) is 13.8 Å². The molecule has 34 heavy (non-hydrogen) atoms. The highest BCUT2D eigenvalue weighted by Crippen LogP contribution is 2.25. The molecule has 1 fully saturated rings. The first-order valence-electron chi connectivity index (χ1n) is 11.3. The molecule has 3 aromatic rings. The molecule has 1 amide bonds. The maximum atomic E-state index is 12.7. The fourth-order valence-corrected chi connectivity index (χ4v) is 4.16. The van der Waals surface area contributed by atoms with Crippen molar-refractivity contribution in [2.24, 2.45) is 0 Å². The molecule has 2 atom stereocenters. The normalized spacial score (nSPS) is 16.9. The number of nitrogens with zero attached hydrogens (tertiary/aromatic N) is 2. The second-order valence-corrected chi connectivity index (χ2v) is 8.96. The van der Waals surface area contributed by atoms with E-state index in [-0.39, 0.29) is 18.6 Å². The summed E-state index contributed by atoms with van der Waals surface area (Å²) in [4.78, 5) is 22.1. The van der Waals surface area contributed by atoms with Gasteiger partial charge in [0, 0.05) is 37.6 Å². The summed E-state index contributed by atoms with van der Waals surface area (Å²) in [6.45, 7) is 5.88. The first-order chi connectivity index (χ1) is 16.4. The predicted molar refractivity (Wildman–Crippen MR) is 131 cm³/mol. The Labute approximate surface area is 203 Å². The largest absolute Gasteiger partial charge is 0.489 e. The van der Waals surface area contributed by atoms with Crippen LogP contribution in [0.5, 0.6) is 11.6 Å². The van der Waals surface area contributed by atoms with E-state index >= 15 is 0 Å². The number of carbonyl (C=O) groups is 1. The molecule has 0 spiro atoms. The first-order valence-corrected chi connectivity index (χ1v) is 11.6. The summed E-state index contributed by atoms with van der Waals surface area (Å²) in [6, 6.07) is 12.6. The molecule has 0 saturated carbocycles. The standard InChI is InChI=1S/C25H29ClN4O4/c1-16-11-17(2)28-24(16)25(32)29-21-5-3-4-6-22(21)33-15-19(31)13-30-10-9-20(14-30)34-23-8-7-18(26)12-27-23/h3-8,11-12,19-20,28,31H,9-10,13-15H2,1-2H3,(H,29,32).